The number of fused-ring (bicyclic) bond motifs is 1. The van der Waals surface area contributed by atoms with Gasteiger partial charge in [0, 0.05) is 12.6 Å². The van der Waals surface area contributed by atoms with Crippen molar-refractivity contribution in [3.05, 3.63) is 28.8 Å². The van der Waals surface area contributed by atoms with E-state index in [4.69, 9.17) is 9.31 Å². The molecule has 0 saturated carbocycles. The van der Waals surface area contributed by atoms with E-state index < -0.39 is 36.0 Å². The summed E-state index contributed by atoms with van der Waals surface area (Å²) >= 11 is 0. The lowest BCUT2D eigenvalue weighted by atomic mass is 9.80. The van der Waals surface area contributed by atoms with Crippen molar-refractivity contribution in [2.45, 2.75) is 57.8 Å². The Morgan fingerprint density at radius 1 is 1.19 bits per heavy atom. The van der Waals surface area contributed by atoms with Gasteiger partial charge in [-0.25, -0.2) is 4.79 Å². The van der Waals surface area contributed by atoms with Crippen molar-refractivity contribution in [1.29, 1.82) is 0 Å². The molecular formula is C17H21BN4O5. The fourth-order valence-electron chi connectivity index (χ4n) is 3.25. The lowest BCUT2D eigenvalue weighted by molar-refractivity contribution is -0.136. The van der Waals surface area contributed by atoms with Gasteiger partial charge in [-0.15, -0.1) is 5.10 Å². The zero-order valence-electron chi connectivity index (χ0n) is 15.7. The van der Waals surface area contributed by atoms with Crippen LogP contribution in [0.5, 0.6) is 0 Å². The van der Waals surface area contributed by atoms with E-state index in [2.05, 4.69) is 10.4 Å². The van der Waals surface area contributed by atoms with Gasteiger partial charge in [-0.3, -0.25) is 19.3 Å². The summed E-state index contributed by atoms with van der Waals surface area (Å²) in [7, 11) is -0.573. The smallest absolute Gasteiger partial charge is 0.399 e. The Balaban J connectivity index is 1.70. The van der Waals surface area contributed by atoms with Gasteiger partial charge in [-0.1, -0.05) is 0 Å². The molecule has 2 aromatic heterocycles. The Morgan fingerprint density at radius 2 is 1.85 bits per heavy atom. The van der Waals surface area contributed by atoms with Crippen molar-refractivity contribution in [3.8, 4) is 0 Å². The largest absolute Gasteiger partial charge is 0.495 e. The number of rotatable bonds is 2. The number of piperidine rings is 1. The first-order valence-electron chi connectivity index (χ1n) is 8.89. The molecule has 0 spiro atoms. The van der Waals surface area contributed by atoms with Crippen LogP contribution >= 0.6 is 0 Å². The zero-order chi connectivity index (χ0) is 19.6. The quantitative estimate of drug-likeness (QED) is 0.577. The van der Waals surface area contributed by atoms with E-state index in [0.29, 0.717) is 5.65 Å². The summed E-state index contributed by atoms with van der Waals surface area (Å²) in [5.41, 5.74) is -0.260. The minimum atomic E-state index is -0.796. The van der Waals surface area contributed by atoms with Gasteiger partial charge < -0.3 is 9.31 Å². The molecule has 2 saturated heterocycles. The van der Waals surface area contributed by atoms with Crippen LogP contribution in [0.3, 0.4) is 0 Å². The van der Waals surface area contributed by atoms with Crippen molar-refractivity contribution in [1.82, 2.24) is 19.5 Å². The molecule has 2 fully saturated rings. The van der Waals surface area contributed by atoms with Gasteiger partial charge in [-0.2, -0.15) is 4.68 Å². The van der Waals surface area contributed by atoms with E-state index in [9.17, 15) is 14.4 Å². The van der Waals surface area contributed by atoms with Crippen LogP contribution in [0, 0.1) is 0 Å². The minimum Gasteiger partial charge on any atom is -0.399 e. The van der Waals surface area contributed by atoms with Crippen molar-refractivity contribution < 1.29 is 18.9 Å². The van der Waals surface area contributed by atoms with Crippen LogP contribution in [0.15, 0.2) is 23.1 Å². The number of amides is 2. The van der Waals surface area contributed by atoms with Gasteiger partial charge in [0.25, 0.3) is 5.91 Å². The molecular weight excluding hydrogens is 351 g/mol. The van der Waals surface area contributed by atoms with Crippen LogP contribution in [0.4, 0.5) is 0 Å². The van der Waals surface area contributed by atoms with E-state index in [1.54, 1.807) is 18.3 Å². The fourth-order valence-corrected chi connectivity index (χ4v) is 3.25. The number of carbonyl (C=O) groups excluding carboxylic acids is 2. The maximum Gasteiger partial charge on any atom is 0.495 e. The van der Waals surface area contributed by atoms with Crippen molar-refractivity contribution in [2.24, 2.45) is 0 Å². The second kappa shape index (κ2) is 5.77. The van der Waals surface area contributed by atoms with E-state index in [1.807, 2.05) is 27.7 Å². The van der Waals surface area contributed by atoms with E-state index in [1.165, 1.54) is 4.40 Å². The Kier molecular flexibility index (Phi) is 3.83. The van der Waals surface area contributed by atoms with Crippen LogP contribution in [0.1, 0.15) is 46.6 Å². The van der Waals surface area contributed by atoms with Crippen molar-refractivity contribution >= 4 is 30.0 Å². The second-order valence-electron chi connectivity index (χ2n) is 7.97. The highest BCUT2D eigenvalue weighted by atomic mass is 16.7. The first-order chi connectivity index (χ1) is 12.6. The highest BCUT2D eigenvalue weighted by molar-refractivity contribution is 6.62. The van der Waals surface area contributed by atoms with Crippen LogP contribution < -0.4 is 16.5 Å². The summed E-state index contributed by atoms with van der Waals surface area (Å²) in [4.78, 5) is 36.0. The average Bonchev–Trinajstić information content (AvgIpc) is 3.00. The molecule has 0 radical (unpaired) electrons. The maximum atomic E-state index is 12.6. The highest BCUT2D eigenvalue weighted by Gasteiger charge is 2.51. The van der Waals surface area contributed by atoms with Crippen LogP contribution in [-0.4, -0.2) is 44.3 Å². The zero-order valence-corrected chi connectivity index (χ0v) is 15.7. The van der Waals surface area contributed by atoms with Gasteiger partial charge in [0.05, 0.1) is 11.2 Å². The van der Waals surface area contributed by atoms with Gasteiger partial charge in [0.2, 0.25) is 5.91 Å². The number of nitrogens with one attached hydrogen (secondary N) is 1. The summed E-state index contributed by atoms with van der Waals surface area (Å²) in [5.74, 6) is -0.848. The molecule has 1 atom stereocenters. The summed E-state index contributed by atoms with van der Waals surface area (Å²) < 4.78 is 14.6. The van der Waals surface area contributed by atoms with E-state index in [-0.39, 0.29) is 18.7 Å². The predicted octanol–water partition coefficient (Wildman–Crippen LogP) is -0.227. The van der Waals surface area contributed by atoms with Gasteiger partial charge in [0.1, 0.15) is 6.04 Å². The fraction of sp³-hybridized carbons (Fsp3) is 0.529. The standard InChI is InChI=1S/C17H21BN4O5/c1-16(2)17(3,4)27-18(26-16)10-7-8-21-12(9-10)20-22(15(21)25)11-5-6-13(23)19-14(11)24/h7-9,11H,5-6H2,1-4H3,(H,19,23,24). The number of pyridine rings is 1. The Labute approximate surface area is 155 Å². The molecule has 0 aliphatic carbocycles. The van der Waals surface area contributed by atoms with Crippen LogP contribution in [0.25, 0.3) is 5.65 Å². The molecule has 9 nitrogen and oxygen atoms in total. The molecule has 0 aromatic carbocycles. The number of nitrogens with zero attached hydrogens (tertiary/aromatic N) is 3. The van der Waals surface area contributed by atoms with Gasteiger partial charge in [0.15, 0.2) is 5.65 Å². The molecule has 142 valence electrons. The first-order valence-corrected chi connectivity index (χ1v) is 8.89. The number of carbonyl (C=O) groups is 2. The first kappa shape index (κ1) is 17.9. The molecule has 1 unspecified atom stereocenters. The normalized spacial score (nSPS) is 24.4. The lowest BCUT2D eigenvalue weighted by Crippen LogP contribution is -2.44. The summed E-state index contributed by atoms with van der Waals surface area (Å²) in [5, 5.41) is 6.55. The molecule has 2 amide bonds. The molecule has 2 aliphatic rings. The summed E-state index contributed by atoms with van der Waals surface area (Å²) in [6.07, 6.45) is 2.02. The molecule has 2 aliphatic heterocycles. The molecule has 27 heavy (non-hydrogen) atoms. The predicted molar refractivity (Wildman–Crippen MR) is 96.6 cm³/mol. The molecule has 0 bridgehead atoms. The third-order valence-electron chi connectivity index (χ3n) is 5.60. The molecule has 10 heteroatoms. The summed E-state index contributed by atoms with van der Waals surface area (Å²) in [6.45, 7) is 7.86. The number of hydrogen-bond acceptors (Lipinski definition) is 6. The maximum absolute atomic E-state index is 12.6. The second-order valence-corrected chi connectivity index (χ2v) is 7.97. The molecule has 2 aromatic rings. The monoisotopic (exact) mass is 372 g/mol. The third-order valence-corrected chi connectivity index (χ3v) is 5.60. The van der Waals surface area contributed by atoms with Gasteiger partial charge in [-0.05, 0) is 51.7 Å². The van der Waals surface area contributed by atoms with E-state index >= 15 is 0 Å². The molecule has 1 N–H and O–H groups in total. The third kappa shape index (κ3) is 2.79. The van der Waals surface area contributed by atoms with Crippen LogP contribution in [-0.2, 0) is 18.9 Å². The SMILES string of the molecule is CC1(C)OB(c2ccn3c(=O)n(C4CCC(=O)NC4=O)nc3c2)OC1(C)C. The average molecular weight is 372 g/mol. The minimum absolute atomic E-state index is 0.176. The number of aromatic nitrogens is 3. The van der Waals surface area contributed by atoms with Crippen molar-refractivity contribution in [2.75, 3.05) is 0 Å². The number of hydrogen-bond donors (Lipinski definition) is 1. The lowest BCUT2D eigenvalue weighted by Gasteiger charge is -2.32. The van der Waals surface area contributed by atoms with Crippen molar-refractivity contribution in [3.63, 3.8) is 0 Å². The topological polar surface area (TPSA) is 104 Å². The molecule has 4 heterocycles. The van der Waals surface area contributed by atoms with Gasteiger partial charge >= 0.3 is 12.8 Å². The Hall–Kier alpha value is -2.46. The summed E-state index contributed by atoms with van der Waals surface area (Å²) in [6, 6.07) is 2.66. The Morgan fingerprint density at radius 3 is 2.48 bits per heavy atom. The Bertz CT molecular complexity index is 992. The van der Waals surface area contributed by atoms with Crippen LogP contribution in [0.2, 0.25) is 0 Å². The van der Waals surface area contributed by atoms with E-state index in [0.717, 1.165) is 10.1 Å². The highest BCUT2D eigenvalue weighted by Crippen LogP contribution is 2.36. The molecule has 4 rings (SSSR count). The number of imide groups is 1.